The van der Waals surface area contributed by atoms with E-state index in [1.165, 1.54) is 6.33 Å². The van der Waals surface area contributed by atoms with Crippen molar-refractivity contribution < 1.29 is 14.3 Å². The number of carbonyl (C=O) groups excluding carboxylic acids is 2. The van der Waals surface area contributed by atoms with Crippen molar-refractivity contribution in [2.75, 3.05) is 13.1 Å². The van der Waals surface area contributed by atoms with Crippen molar-refractivity contribution >= 4 is 11.8 Å². The van der Waals surface area contributed by atoms with Crippen molar-refractivity contribution in [2.45, 2.75) is 30.7 Å². The van der Waals surface area contributed by atoms with Gasteiger partial charge in [0.05, 0.1) is 30.3 Å². The monoisotopic (exact) mass is 415 g/mol. The first-order chi connectivity index (χ1) is 15.2. The van der Waals surface area contributed by atoms with E-state index in [2.05, 4.69) is 10.1 Å². The maximum Gasteiger partial charge on any atom is 0.256 e. The van der Waals surface area contributed by atoms with Crippen LogP contribution in [0.2, 0.25) is 0 Å². The summed E-state index contributed by atoms with van der Waals surface area (Å²) in [5.74, 6) is -0.0696. The average Bonchev–Trinajstić information content (AvgIpc) is 3.57. The molecule has 3 aliphatic heterocycles. The zero-order valence-corrected chi connectivity index (χ0v) is 16.8. The van der Waals surface area contributed by atoms with Crippen LogP contribution in [0.3, 0.4) is 0 Å². The molecule has 4 heterocycles. The summed E-state index contributed by atoms with van der Waals surface area (Å²) in [5.41, 5.74) is 1.52. The lowest BCUT2D eigenvalue weighted by atomic mass is 10.1. The summed E-state index contributed by atoms with van der Waals surface area (Å²) in [7, 11) is 0. The number of amides is 2. The molecule has 3 fully saturated rings. The second kappa shape index (κ2) is 6.75. The molecule has 6 rings (SSSR count). The van der Waals surface area contributed by atoms with Crippen LogP contribution in [0.15, 0.2) is 67.3 Å². The van der Waals surface area contributed by atoms with Crippen LogP contribution in [0, 0.1) is 0 Å². The fourth-order valence-electron chi connectivity index (χ4n) is 5.25. The second-order valence-electron chi connectivity index (χ2n) is 8.19. The third-order valence-corrected chi connectivity index (χ3v) is 6.66. The SMILES string of the molecule is O=C(c1ccccc1-n1cncn1)N1CC[C@@]23O[C@H](c4ccccc4)CN2C(=O)C[C@@H]13. The van der Waals surface area contributed by atoms with Gasteiger partial charge in [0.25, 0.3) is 5.91 Å². The van der Waals surface area contributed by atoms with Crippen molar-refractivity contribution in [1.82, 2.24) is 24.6 Å². The summed E-state index contributed by atoms with van der Waals surface area (Å²) in [6, 6.07) is 17.0. The van der Waals surface area contributed by atoms with Crippen LogP contribution in [0.1, 0.15) is 34.9 Å². The topological polar surface area (TPSA) is 80.6 Å². The van der Waals surface area contributed by atoms with E-state index in [9.17, 15) is 9.59 Å². The Morgan fingerprint density at radius 2 is 1.90 bits per heavy atom. The minimum absolute atomic E-state index is 0.0468. The molecule has 3 aliphatic rings. The van der Waals surface area contributed by atoms with E-state index in [0.717, 1.165) is 5.56 Å². The molecule has 31 heavy (non-hydrogen) atoms. The lowest BCUT2D eigenvalue weighted by molar-refractivity contribution is -0.138. The molecule has 0 radical (unpaired) electrons. The van der Waals surface area contributed by atoms with E-state index in [4.69, 9.17) is 4.74 Å². The van der Waals surface area contributed by atoms with Gasteiger partial charge in [-0.15, -0.1) is 0 Å². The van der Waals surface area contributed by atoms with Gasteiger partial charge in [0.15, 0.2) is 5.72 Å². The van der Waals surface area contributed by atoms with Gasteiger partial charge in [-0.25, -0.2) is 9.67 Å². The maximum absolute atomic E-state index is 13.6. The van der Waals surface area contributed by atoms with E-state index in [1.807, 2.05) is 53.4 Å². The largest absolute Gasteiger partial charge is 0.343 e. The number of aromatic nitrogens is 3. The molecule has 2 aromatic carbocycles. The molecule has 0 bridgehead atoms. The summed E-state index contributed by atoms with van der Waals surface area (Å²) in [5, 5.41) is 4.18. The first-order valence-corrected chi connectivity index (χ1v) is 10.5. The number of ether oxygens (including phenoxy) is 1. The van der Waals surface area contributed by atoms with Crippen LogP contribution in [0.25, 0.3) is 5.69 Å². The standard InChI is InChI=1S/C23H21N5O3/c29-21-12-20-23(27(21)13-19(31-23)16-6-2-1-3-7-16)10-11-26(20)22(30)17-8-4-5-9-18(17)28-15-24-14-25-28/h1-9,14-15,19-20H,10-13H2/t19-,20+,23-/m0/s1. The second-order valence-corrected chi connectivity index (χ2v) is 8.19. The molecule has 1 aromatic heterocycles. The smallest absolute Gasteiger partial charge is 0.256 e. The van der Waals surface area contributed by atoms with Crippen LogP contribution in [0.5, 0.6) is 0 Å². The molecule has 8 heteroatoms. The fraction of sp³-hybridized carbons (Fsp3) is 0.304. The number of carbonyl (C=O) groups is 2. The van der Waals surface area contributed by atoms with Crippen LogP contribution >= 0.6 is 0 Å². The highest BCUT2D eigenvalue weighted by Crippen LogP contribution is 2.50. The number of para-hydroxylation sites is 1. The molecular formula is C23H21N5O3. The van der Waals surface area contributed by atoms with Gasteiger partial charge in [-0.1, -0.05) is 42.5 Å². The molecule has 0 N–H and O–H groups in total. The minimum Gasteiger partial charge on any atom is -0.343 e. The predicted molar refractivity (Wildman–Crippen MR) is 110 cm³/mol. The molecule has 8 nitrogen and oxygen atoms in total. The molecule has 3 saturated heterocycles. The zero-order chi connectivity index (χ0) is 21.0. The van der Waals surface area contributed by atoms with Crippen LogP contribution in [-0.4, -0.2) is 61.2 Å². The quantitative estimate of drug-likeness (QED) is 0.655. The normalized spacial score (nSPS) is 26.9. The fourth-order valence-corrected chi connectivity index (χ4v) is 5.25. The van der Waals surface area contributed by atoms with Crippen molar-refractivity contribution in [3.05, 3.63) is 78.4 Å². The van der Waals surface area contributed by atoms with Gasteiger partial charge in [0.2, 0.25) is 5.91 Å². The zero-order valence-electron chi connectivity index (χ0n) is 16.8. The Hall–Kier alpha value is -3.52. The van der Waals surface area contributed by atoms with Crippen LogP contribution < -0.4 is 0 Å². The van der Waals surface area contributed by atoms with Crippen molar-refractivity contribution in [1.29, 1.82) is 0 Å². The number of benzene rings is 2. The maximum atomic E-state index is 13.6. The van der Waals surface area contributed by atoms with Gasteiger partial charge in [0.1, 0.15) is 18.8 Å². The minimum atomic E-state index is -0.741. The van der Waals surface area contributed by atoms with Crippen molar-refractivity contribution in [3.63, 3.8) is 0 Å². The van der Waals surface area contributed by atoms with Gasteiger partial charge in [0, 0.05) is 13.0 Å². The summed E-state index contributed by atoms with van der Waals surface area (Å²) in [6.07, 6.45) is 3.74. The van der Waals surface area contributed by atoms with E-state index in [-0.39, 0.29) is 24.0 Å². The van der Waals surface area contributed by atoms with Gasteiger partial charge >= 0.3 is 0 Å². The number of likely N-dealkylation sites (tertiary alicyclic amines) is 1. The van der Waals surface area contributed by atoms with Gasteiger partial charge < -0.3 is 14.5 Å². The summed E-state index contributed by atoms with van der Waals surface area (Å²) < 4.78 is 8.14. The Balaban J connectivity index is 1.33. The molecule has 0 saturated carbocycles. The molecule has 1 spiro atoms. The number of rotatable bonds is 3. The van der Waals surface area contributed by atoms with Crippen molar-refractivity contribution in [3.8, 4) is 5.69 Å². The molecule has 2 amide bonds. The van der Waals surface area contributed by atoms with E-state index >= 15 is 0 Å². The Morgan fingerprint density at radius 3 is 2.71 bits per heavy atom. The first kappa shape index (κ1) is 18.3. The van der Waals surface area contributed by atoms with Gasteiger partial charge in [-0.05, 0) is 17.7 Å². The summed E-state index contributed by atoms with van der Waals surface area (Å²) >= 11 is 0. The Bertz CT molecular complexity index is 1150. The number of hydrogen-bond donors (Lipinski definition) is 0. The van der Waals surface area contributed by atoms with Crippen LogP contribution in [0.4, 0.5) is 0 Å². The molecule has 0 aliphatic carbocycles. The predicted octanol–water partition coefficient (Wildman–Crippen LogP) is 2.18. The highest BCUT2D eigenvalue weighted by molar-refractivity contribution is 5.99. The van der Waals surface area contributed by atoms with Gasteiger partial charge in [-0.3, -0.25) is 9.59 Å². The lowest BCUT2D eigenvalue weighted by Gasteiger charge is -2.32. The van der Waals surface area contributed by atoms with Gasteiger partial charge in [-0.2, -0.15) is 5.10 Å². The Labute approximate surface area is 179 Å². The summed E-state index contributed by atoms with van der Waals surface area (Å²) in [4.78, 5) is 34.2. The first-order valence-electron chi connectivity index (χ1n) is 10.5. The molecular weight excluding hydrogens is 394 g/mol. The lowest BCUT2D eigenvalue weighted by Crippen LogP contribution is -2.48. The average molecular weight is 415 g/mol. The van der Waals surface area contributed by atoms with E-state index < -0.39 is 5.72 Å². The molecule has 0 unspecified atom stereocenters. The third-order valence-electron chi connectivity index (χ3n) is 6.66. The number of hydrogen-bond acceptors (Lipinski definition) is 5. The molecule has 3 aromatic rings. The highest BCUT2D eigenvalue weighted by Gasteiger charge is 2.65. The Morgan fingerprint density at radius 1 is 1.10 bits per heavy atom. The Kier molecular flexibility index (Phi) is 3.97. The summed E-state index contributed by atoms with van der Waals surface area (Å²) in [6.45, 7) is 1.07. The van der Waals surface area contributed by atoms with Crippen molar-refractivity contribution in [2.24, 2.45) is 0 Å². The third kappa shape index (κ3) is 2.64. The molecule has 156 valence electrons. The number of nitrogens with zero attached hydrogens (tertiary/aromatic N) is 5. The highest BCUT2D eigenvalue weighted by atomic mass is 16.5. The van der Waals surface area contributed by atoms with Crippen LogP contribution in [-0.2, 0) is 9.53 Å². The molecule has 3 atom stereocenters. The van der Waals surface area contributed by atoms with E-state index in [0.29, 0.717) is 37.2 Å². The van der Waals surface area contributed by atoms with E-state index in [1.54, 1.807) is 22.0 Å².